The van der Waals surface area contributed by atoms with Gasteiger partial charge in [0.15, 0.2) is 0 Å². The van der Waals surface area contributed by atoms with Crippen molar-refractivity contribution >= 4 is 23.4 Å². The molecule has 3 N–H and O–H groups in total. The molecule has 2 aromatic rings. The van der Waals surface area contributed by atoms with Crippen molar-refractivity contribution in [3.63, 3.8) is 0 Å². The first-order valence-electron chi connectivity index (χ1n) is 8.91. The fraction of sp³-hybridized carbons (Fsp3) is 0.250. The molecule has 2 aromatic carbocycles. The third kappa shape index (κ3) is 4.56. The van der Waals surface area contributed by atoms with E-state index >= 15 is 0 Å². The predicted octanol–water partition coefficient (Wildman–Crippen LogP) is 2.69. The molecule has 1 saturated heterocycles. The lowest BCUT2D eigenvalue weighted by molar-refractivity contribution is -0.121. The number of carbonyl (C=O) groups is 3. The standard InChI is InChI=1S/C20H18F3N3O3/c21-12-1-3-14(17(23)9-12)20(29)26-7-5-11(6-8-26)19(28)25-13-2-4-16(22)15(10-13)18(24)27/h1-4,9-11H,5-8H2,(H2,24,27)(H,25,28). The molecule has 152 valence electrons. The summed E-state index contributed by atoms with van der Waals surface area (Å²) in [4.78, 5) is 37.5. The van der Waals surface area contributed by atoms with Crippen molar-refractivity contribution in [3.8, 4) is 0 Å². The Kier molecular flexibility index (Phi) is 5.86. The zero-order valence-corrected chi connectivity index (χ0v) is 15.3. The number of nitrogens with one attached hydrogen (secondary N) is 1. The number of likely N-dealkylation sites (tertiary alicyclic amines) is 1. The lowest BCUT2D eigenvalue weighted by atomic mass is 9.95. The number of carbonyl (C=O) groups excluding carboxylic acids is 3. The first-order chi connectivity index (χ1) is 13.8. The Bertz CT molecular complexity index is 973. The Hall–Kier alpha value is -3.36. The molecule has 29 heavy (non-hydrogen) atoms. The second-order valence-corrected chi connectivity index (χ2v) is 6.74. The monoisotopic (exact) mass is 405 g/mol. The van der Waals surface area contributed by atoms with Crippen molar-refractivity contribution in [1.82, 2.24) is 4.90 Å². The average Bonchev–Trinajstić information content (AvgIpc) is 2.69. The lowest BCUT2D eigenvalue weighted by Gasteiger charge is -2.31. The second-order valence-electron chi connectivity index (χ2n) is 6.74. The SMILES string of the molecule is NC(=O)c1cc(NC(=O)C2CCN(C(=O)c3ccc(F)cc3F)CC2)ccc1F. The van der Waals surface area contributed by atoms with E-state index in [1.807, 2.05) is 0 Å². The topological polar surface area (TPSA) is 92.5 Å². The van der Waals surface area contributed by atoms with Crippen LogP contribution >= 0.6 is 0 Å². The molecular weight excluding hydrogens is 387 g/mol. The van der Waals surface area contributed by atoms with Gasteiger partial charge in [-0.1, -0.05) is 0 Å². The van der Waals surface area contributed by atoms with Crippen LogP contribution in [-0.4, -0.2) is 35.7 Å². The highest BCUT2D eigenvalue weighted by Gasteiger charge is 2.29. The number of rotatable bonds is 4. The Morgan fingerprint density at radius 3 is 2.24 bits per heavy atom. The van der Waals surface area contributed by atoms with E-state index in [9.17, 15) is 27.6 Å². The molecule has 0 bridgehead atoms. The molecule has 1 aliphatic rings. The molecule has 6 nitrogen and oxygen atoms in total. The average molecular weight is 405 g/mol. The van der Waals surface area contributed by atoms with E-state index in [4.69, 9.17) is 5.73 Å². The minimum atomic E-state index is -0.946. The quantitative estimate of drug-likeness (QED) is 0.819. The van der Waals surface area contributed by atoms with Gasteiger partial charge in [0.2, 0.25) is 5.91 Å². The molecule has 1 aliphatic heterocycles. The Labute approximate surface area is 164 Å². The van der Waals surface area contributed by atoms with Gasteiger partial charge in [0.05, 0.1) is 11.1 Å². The molecule has 3 rings (SSSR count). The summed E-state index contributed by atoms with van der Waals surface area (Å²) in [5.41, 5.74) is 4.77. The van der Waals surface area contributed by atoms with Gasteiger partial charge in [-0.15, -0.1) is 0 Å². The van der Waals surface area contributed by atoms with Gasteiger partial charge in [-0.05, 0) is 43.2 Å². The molecule has 0 saturated carbocycles. The fourth-order valence-corrected chi connectivity index (χ4v) is 3.21. The summed E-state index contributed by atoms with van der Waals surface area (Å²) in [6.45, 7) is 0.452. The van der Waals surface area contributed by atoms with E-state index in [-0.39, 0.29) is 35.8 Å². The molecular formula is C20H18F3N3O3. The number of hydrogen-bond donors (Lipinski definition) is 2. The van der Waals surface area contributed by atoms with E-state index in [1.165, 1.54) is 11.0 Å². The van der Waals surface area contributed by atoms with Crippen molar-refractivity contribution in [1.29, 1.82) is 0 Å². The van der Waals surface area contributed by atoms with Crippen molar-refractivity contribution in [3.05, 3.63) is 65.0 Å². The van der Waals surface area contributed by atoms with Gasteiger partial charge in [-0.2, -0.15) is 0 Å². The number of anilines is 1. The van der Waals surface area contributed by atoms with Crippen molar-refractivity contribution in [2.75, 3.05) is 18.4 Å². The molecule has 0 aromatic heterocycles. The van der Waals surface area contributed by atoms with Crippen LogP contribution in [-0.2, 0) is 4.79 Å². The molecule has 1 heterocycles. The molecule has 0 spiro atoms. The van der Waals surface area contributed by atoms with Gasteiger partial charge in [-0.3, -0.25) is 14.4 Å². The van der Waals surface area contributed by atoms with Crippen LogP contribution < -0.4 is 11.1 Å². The lowest BCUT2D eigenvalue weighted by Crippen LogP contribution is -2.41. The Morgan fingerprint density at radius 1 is 0.931 bits per heavy atom. The van der Waals surface area contributed by atoms with Gasteiger partial charge in [0.25, 0.3) is 11.8 Å². The summed E-state index contributed by atoms with van der Waals surface area (Å²) >= 11 is 0. The Balaban J connectivity index is 1.60. The van der Waals surface area contributed by atoms with Crippen LogP contribution in [0.5, 0.6) is 0 Å². The third-order valence-corrected chi connectivity index (χ3v) is 4.81. The summed E-state index contributed by atoms with van der Waals surface area (Å²) in [5.74, 6) is -4.75. The molecule has 0 radical (unpaired) electrons. The van der Waals surface area contributed by atoms with Gasteiger partial charge < -0.3 is 16.0 Å². The van der Waals surface area contributed by atoms with Crippen LogP contribution in [0, 0.1) is 23.4 Å². The van der Waals surface area contributed by atoms with Gasteiger partial charge in [-0.25, -0.2) is 13.2 Å². The van der Waals surface area contributed by atoms with Gasteiger partial charge >= 0.3 is 0 Å². The summed E-state index contributed by atoms with van der Waals surface area (Å²) < 4.78 is 40.3. The van der Waals surface area contributed by atoms with E-state index in [2.05, 4.69) is 5.32 Å². The first-order valence-corrected chi connectivity index (χ1v) is 8.91. The minimum Gasteiger partial charge on any atom is -0.366 e. The predicted molar refractivity (Wildman–Crippen MR) is 98.5 cm³/mol. The number of benzene rings is 2. The third-order valence-electron chi connectivity index (χ3n) is 4.81. The van der Waals surface area contributed by atoms with Crippen molar-refractivity contribution < 1.29 is 27.6 Å². The highest BCUT2D eigenvalue weighted by Crippen LogP contribution is 2.23. The molecule has 9 heteroatoms. The minimum absolute atomic E-state index is 0.223. The van der Waals surface area contributed by atoms with E-state index < -0.39 is 35.2 Å². The van der Waals surface area contributed by atoms with E-state index in [0.29, 0.717) is 18.9 Å². The maximum absolute atomic E-state index is 13.8. The number of piperidine rings is 1. The van der Waals surface area contributed by atoms with Crippen LogP contribution in [0.15, 0.2) is 36.4 Å². The van der Waals surface area contributed by atoms with Crippen LogP contribution in [0.2, 0.25) is 0 Å². The highest BCUT2D eigenvalue weighted by atomic mass is 19.1. The zero-order valence-electron chi connectivity index (χ0n) is 15.3. The number of hydrogen-bond acceptors (Lipinski definition) is 3. The van der Waals surface area contributed by atoms with Crippen molar-refractivity contribution in [2.24, 2.45) is 11.7 Å². The normalized spacial score (nSPS) is 14.5. The highest BCUT2D eigenvalue weighted by molar-refractivity contribution is 5.97. The van der Waals surface area contributed by atoms with Crippen LogP contribution in [0.4, 0.5) is 18.9 Å². The summed E-state index contributed by atoms with van der Waals surface area (Å²) in [6.07, 6.45) is 0.675. The number of nitrogens with zero attached hydrogens (tertiary/aromatic N) is 1. The largest absolute Gasteiger partial charge is 0.366 e. The number of primary amides is 1. The van der Waals surface area contributed by atoms with Crippen LogP contribution in [0.1, 0.15) is 33.6 Å². The smallest absolute Gasteiger partial charge is 0.256 e. The van der Waals surface area contributed by atoms with Crippen molar-refractivity contribution in [2.45, 2.75) is 12.8 Å². The maximum Gasteiger partial charge on any atom is 0.256 e. The van der Waals surface area contributed by atoms with Crippen LogP contribution in [0.25, 0.3) is 0 Å². The number of nitrogens with two attached hydrogens (primary N) is 1. The molecule has 0 unspecified atom stereocenters. The van der Waals surface area contributed by atoms with E-state index in [0.717, 1.165) is 24.3 Å². The summed E-state index contributed by atoms with van der Waals surface area (Å²) in [7, 11) is 0. The zero-order chi connectivity index (χ0) is 21.1. The maximum atomic E-state index is 13.8. The summed E-state index contributed by atoms with van der Waals surface area (Å²) in [5, 5.41) is 2.61. The van der Waals surface area contributed by atoms with Gasteiger partial charge in [0.1, 0.15) is 17.5 Å². The molecule has 0 aliphatic carbocycles. The van der Waals surface area contributed by atoms with Crippen LogP contribution in [0.3, 0.4) is 0 Å². The first kappa shape index (κ1) is 20.4. The second kappa shape index (κ2) is 8.34. The summed E-state index contributed by atoms with van der Waals surface area (Å²) in [6, 6.07) is 6.27. The number of halogens is 3. The number of amides is 3. The van der Waals surface area contributed by atoms with E-state index in [1.54, 1.807) is 0 Å². The molecule has 1 fully saturated rings. The fourth-order valence-electron chi connectivity index (χ4n) is 3.21. The Morgan fingerprint density at radius 2 is 1.62 bits per heavy atom. The molecule has 0 atom stereocenters. The van der Waals surface area contributed by atoms with Gasteiger partial charge in [0, 0.05) is 30.8 Å². The molecule has 3 amide bonds.